The van der Waals surface area contributed by atoms with Crippen LogP contribution in [0.1, 0.15) is 27.8 Å². The average molecular weight is 394 g/mol. The van der Waals surface area contributed by atoms with E-state index < -0.39 is 10.0 Å². The van der Waals surface area contributed by atoms with Crippen LogP contribution in [0.5, 0.6) is 17.2 Å². The molecule has 0 aromatic heterocycles. The molecular formula is C20H27NO5S. The lowest BCUT2D eigenvalue weighted by molar-refractivity contribution is 0.323. The molecule has 0 saturated heterocycles. The van der Waals surface area contributed by atoms with Gasteiger partial charge in [-0.05, 0) is 67.6 Å². The zero-order chi connectivity index (χ0) is 20.4. The Kier molecular flexibility index (Phi) is 6.38. The minimum absolute atomic E-state index is 0.102. The Balaban J connectivity index is 2.39. The largest absolute Gasteiger partial charge is 0.493 e. The normalized spacial score (nSPS) is 11.4. The summed E-state index contributed by atoms with van der Waals surface area (Å²) in [5.41, 5.74) is 4.12. The average Bonchev–Trinajstić information content (AvgIpc) is 2.63. The van der Waals surface area contributed by atoms with Gasteiger partial charge in [0.05, 0.1) is 26.2 Å². The van der Waals surface area contributed by atoms with E-state index in [0.29, 0.717) is 27.7 Å². The summed E-state index contributed by atoms with van der Waals surface area (Å²) in [6.45, 7) is 7.59. The number of ether oxygens (including phenoxy) is 3. The topological polar surface area (TPSA) is 73.9 Å². The fourth-order valence-electron chi connectivity index (χ4n) is 3.07. The van der Waals surface area contributed by atoms with Crippen LogP contribution in [0.3, 0.4) is 0 Å². The van der Waals surface area contributed by atoms with Crippen LogP contribution in [0.2, 0.25) is 0 Å². The van der Waals surface area contributed by atoms with Crippen molar-refractivity contribution in [2.45, 2.75) is 39.1 Å². The monoisotopic (exact) mass is 393 g/mol. The quantitative estimate of drug-likeness (QED) is 0.780. The summed E-state index contributed by atoms with van der Waals surface area (Å²) < 4.78 is 44.6. The summed E-state index contributed by atoms with van der Waals surface area (Å²) in [4.78, 5) is 0.340. The number of hydrogen-bond donors (Lipinski definition) is 1. The van der Waals surface area contributed by atoms with Gasteiger partial charge in [0.1, 0.15) is 0 Å². The van der Waals surface area contributed by atoms with Gasteiger partial charge in [-0.1, -0.05) is 6.07 Å². The molecule has 2 rings (SSSR count). The van der Waals surface area contributed by atoms with Crippen molar-refractivity contribution in [3.8, 4) is 17.2 Å². The highest BCUT2D eigenvalue weighted by Gasteiger charge is 2.22. The second kappa shape index (κ2) is 8.19. The lowest BCUT2D eigenvalue weighted by Crippen LogP contribution is -2.25. The summed E-state index contributed by atoms with van der Waals surface area (Å²) >= 11 is 0. The van der Waals surface area contributed by atoms with Crippen molar-refractivity contribution in [3.05, 3.63) is 46.0 Å². The Labute approximate surface area is 161 Å². The van der Waals surface area contributed by atoms with Gasteiger partial charge in [-0.15, -0.1) is 0 Å². The van der Waals surface area contributed by atoms with Gasteiger partial charge in [-0.2, -0.15) is 0 Å². The van der Waals surface area contributed by atoms with Gasteiger partial charge in [-0.3, -0.25) is 0 Å². The van der Waals surface area contributed by atoms with Crippen LogP contribution < -0.4 is 18.9 Å². The lowest BCUT2D eigenvalue weighted by Gasteiger charge is -2.17. The van der Waals surface area contributed by atoms with Crippen molar-refractivity contribution < 1.29 is 22.6 Å². The molecule has 0 unspecified atom stereocenters. The molecule has 0 aliphatic carbocycles. The number of hydrogen-bond acceptors (Lipinski definition) is 5. The van der Waals surface area contributed by atoms with Crippen LogP contribution in [-0.2, 0) is 16.6 Å². The molecule has 0 aliphatic heterocycles. The molecule has 0 fully saturated rings. The van der Waals surface area contributed by atoms with E-state index in [1.54, 1.807) is 12.1 Å². The van der Waals surface area contributed by atoms with Crippen molar-refractivity contribution in [2.75, 3.05) is 21.3 Å². The predicted octanol–water partition coefficient (Wildman–Crippen LogP) is 3.42. The van der Waals surface area contributed by atoms with Gasteiger partial charge in [0.25, 0.3) is 0 Å². The first kappa shape index (κ1) is 21.1. The summed E-state index contributed by atoms with van der Waals surface area (Å²) in [7, 11) is 0.882. The fraction of sp³-hybridized carbons (Fsp3) is 0.400. The van der Waals surface area contributed by atoms with Crippen molar-refractivity contribution in [1.82, 2.24) is 4.72 Å². The second-order valence-corrected chi connectivity index (χ2v) is 8.15. The van der Waals surface area contributed by atoms with Crippen molar-refractivity contribution in [3.63, 3.8) is 0 Å². The van der Waals surface area contributed by atoms with Crippen molar-refractivity contribution >= 4 is 10.0 Å². The van der Waals surface area contributed by atoms with E-state index in [9.17, 15) is 8.42 Å². The fourth-order valence-corrected chi connectivity index (χ4v) is 4.70. The van der Waals surface area contributed by atoms with Gasteiger partial charge in [0.2, 0.25) is 15.8 Å². The zero-order valence-electron chi connectivity index (χ0n) is 16.9. The molecule has 7 heteroatoms. The third-order valence-corrected chi connectivity index (χ3v) is 6.43. The van der Waals surface area contributed by atoms with Gasteiger partial charge in [0, 0.05) is 6.54 Å². The maximum absolute atomic E-state index is 13.0. The molecule has 6 nitrogen and oxygen atoms in total. The molecule has 27 heavy (non-hydrogen) atoms. The van der Waals surface area contributed by atoms with E-state index >= 15 is 0 Å². The highest BCUT2D eigenvalue weighted by molar-refractivity contribution is 7.89. The first-order valence-electron chi connectivity index (χ1n) is 8.52. The molecule has 0 amide bonds. The summed E-state index contributed by atoms with van der Waals surface area (Å²) in [5, 5.41) is 0. The van der Waals surface area contributed by atoms with Crippen LogP contribution in [0.15, 0.2) is 23.1 Å². The van der Waals surface area contributed by atoms with E-state index in [4.69, 9.17) is 14.2 Å². The standard InChI is InChI=1S/C20H27NO5S/c1-12-8-13(2)15(4)20(14(12)3)27(22,23)21-11-16-9-17(24-5)19(26-7)18(10-16)25-6/h8-10,21H,11H2,1-7H3. The zero-order valence-corrected chi connectivity index (χ0v) is 17.7. The third kappa shape index (κ3) is 4.20. The van der Waals surface area contributed by atoms with Gasteiger partial charge >= 0.3 is 0 Å². The molecule has 0 bridgehead atoms. The molecular weight excluding hydrogens is 366 g/mol. The van der Waals surface area contributed by atoms with Crippen LogP contribution >= 0.6 is 0 Å². The Morgan fingerprint density at radius 3 is 1.70 bits per heavy atom. The van der Waals surface area contributed by atoms with Gasteiger partial charge in [-0.25, -0.2) is 13.1 Å². The summed E-state index contributed by atoms with van der Waals surface area (Å²) in [6, 6.07) is 5.46. The molecule has 148 valence electrons. The first-order chi connectivity index (χ1) is 12.7. The van der Waals surface area contributed by atoms with Gasteiger partial charge in [0.15, 0.2) is 11.5 Å². The van der Waals surface area contributed by atoms with E-state index in [1.165, 1.54) is 21.3 Å². The number of sulfonamides is 1. The smallest absolute Gasteiger partial charge is 0.241 e. The summed E-state index contributed by atoms with van der Waals surface area (Å²) in [5.74, 6) is 1.42. The van der Waals surface area contributed by atoms with E-state index in [0.717, 1.165) is 22.3 Å². The number of methoxy groups -OCH3 is 3. The Morgan fingerprint density at radius 2 is 1.30 bits per heavy atom. The molecule has 0 aliphatic rings. The van der Waals surface area contributed by atoms with Crippen LogP contribution in [-0.4, -0.2) is 29.7 Å². The summed E-state index contributed by atoms with van der Waals surface area (Å²) in [6.07, 6.45) is 0. The van der Waals surface area contributed by atoms with E-state index in [1.807, 2.05) is 33.8 Å². The molecule has 2 aromatic rings. The number of rotatable bonds is 7. The molecule has 0 atom stereocenters. The Bertz CT molecular complexity index is 900. The minimum Gasteiger partial charge on any atom is -0.493 e. The lowest BCUT2D eigenvalue weighted by atomic mass is 10.0. The van der Waals surface area contributed by atoms with Crippen LogP contribution in [0, 0.1) is 27.7 Å². The number of nitrogens with one attached hydrogen (secondary N) is 1. The van der Waals surface area contributed by atoms with Crippen LogP contribution in [0.25, 0.3) is 0 Å². The molecule has 0 radical (unpaired) electrons. The maximum Gasteiger partial charge on any atom is 0.241 e. The molecule has 1 N–H and O–H groups in total. The molecule has 0 heterocycles. The number of aryl methyl sites for hydroxylation is 2. The molecule has 0 saturated carbocycles. The molecule has 2 aromatic carbocycles. The highest BCUT2D eigenvalue weighted by atomic mass is 32.2. The maximum atomic E-state index is 13.0. The molecule has 0 spiro atoms. The predicted molar refractivity (Wildman–Crippen MR) is 106 cm³/mol. The van der Waals surface area contributed by atoms with E-state index in [-0.39, 0.29) is 6.54 Å². The van der Waals surface area contributed by atoms with Crippen molar-refractivity contribution in [2.24, 2.45) is 0 Å². The second-order valence-electron chi connectivity index (χ2n) is 6.45. The SMILES string of the molecule is COc1cc(CNS(=O)(=O)c2c(C)c(C)cc(C)c2C)cc(OC)c1OC. The van der Waals surface area contributed by atoms with Crippen LogP contribution in [0.4, 0.5) is 0 Å². The Hall–Kier alpha value is -2.25. The van der Waals surface area contributed by atoms with E-state index in [2.05, 4.69) is 4.72 Å². The van der Waals surface area contributed by atoms with Gasteiger partial charge < -0.3 is 14.2 Å². The minimum atomic E-state index is -3.68. The number of benzene rings is 2. The first-order valence-corrected chi connectivity index (χ1v) is 10.0. The third-order valence-electron chi connectivity index (χ3n) is 4.76. The Morgan fingerprint density at radius 1 is 0.815 bits per heavy atom. The van der Waals surface area contributed by atoms with Crippen molar-refractivity contribution in [1.29, 1.82) is 0 Å². The highest BCUT2D eigenvalue weighted by Crippen LogP contribution is 2.38.